The number of hydrogen-bond acceptors (Lipinski definition) is 5. The van der Waals surface area contributed by atoms with Gasteiger partial charge in [-0.05, 0) is 5.92 Å². The van der Waals surface area contributed by atoms with Gasteiger partial charge in [-0.15, -0.1) is 0 Å². The lowest BCUT2D eigenvalue weighted by molar-refractivity contribution is -0.0559. The summed E-state index contributed by atoms with van der Waals surface area (Å²) in [6, 6.07) is 0. The summed E-state index contributed by atoms with van der Waals surface area (Å²) in [7, 11) is 0. The highest BCUT2D eigenvalue weighted by Gasteiger charge is 2.21. The minimum Gasteiger partial charge on any atom is -0.394 e. The van der Waals surface area contributed by atoms with Crippen molar-refractivity contribution in [1.29, 1.82) is 0 Å². The van der Waals surface area contributed by atoms with E-state index in [0.717, 1.165) is 32.0 Å². The summed E-state index contributed by atoms with van der Waals surface area (Å²) in [6.07, 6.45) is 1.54. The molecule has 0 radical (unpaired) electrons. The topological polar surface area (TPSA) is 63.4 Å². The van der Waals surface area contributed by atoms with Crippen molar-refractivity contribution < 1.29 is 9.84 Å². The van der Waals surface area contributed by atoms with Crippen LogP contribution in [-0.4, -0.2) is 57.2 Å². The number of aliphatic hydroxyl groups is 1. The Morgan fingerprint density at radius 3 is 3.11 bits per heavy atom. The maximum Gasteiger partial charge on any atom is 0.141 e. The monoisotopic (exact) mass is 254 g/mol. The Morgan fingerprint density at radius 1 is 1.56 bits per heavy atom. The Hall–Kier alpha value is -0.980. The van der Waals surface area contributed by atoms with Gasteiger partial charge in [-0.25, -0.2) is 9.67 Å². The van der Waals surface area contributed by atoms with E-state index < -0.39 is 0 Å². The molecule has 102 valence electrons. The molecule has 1 saturated heterocycles. The maximum absolute atomic E-state index is 9.12. The predicted octanol–water partition coefficient (Wildman–Crippen LogP) is 0.127. The van der Waals surface area contributed by atoms with Crippen LogP contribution in [0.4, 0.5) is 0 Å². The number of hydrogen-bond donors (Lipinski definition) is 1. The number of rotatable bonds is 5. The summed E-state index contributed by atoms with van der Waals surface area (Å²) >= 11 is 0. The van der Waals surface area contributed by atoms with Crippen molar-refractivity contribution in [2.24, 2.45) is 5.92 Å². The zero-order chi connectivity index (χ0) is 13.0. The predicted molar refractivity (Wildman–Crippen MR) is 67.0 cm³/mol. The third kappa shape index (κ3) is 3.51. The highest BCUT2D eigenvalue weighted by Crippen LogP contribution is 2.09. The Bertz CT molecular complexity index is 367. The van der Waals surface area contributed by atoms with Crippen molar-refractivity contribution in [2.75, 3.05) is 26.3 Å². The van der Waals surface area contributed by atoms with Crippen LogP contribution < -0.4 is 0 Å². The molecule has 0 amide bonds. The van der Waals surface area contributed by atoms with Gasteiger partial charge in [0.1, 0.15) is 12.2 Å². The fourth-order valence-corrected chi connectivity index (χ4v) is 2.14. The van der Waals surface area contributed by atoms with Crippen LogP contribution in [0.3, 0.4) is 0 Å². The molecule has 1 unspecified atom stereocenters. The van der Waals surface area contributed by atoms with E-state index >= 15 is 0 Å². The molecule has 18 heavy (non-hydrogen) atoms. The molecule has 1 aromatic heterocycles. The summed E-state index contributed by atoms with van der Waals surface area (Å²) in [6.45, 7) is 8.38. The van der Waals surface area contributed by atoms with Gasteiger partial charge in [0.2, 0.25) is 0 Å². The molecule has 1 aromatic rings. The lowest BCUT2D eigenvalue weighted by Gasteiger charge is -2.31. The van der Waals surface area contributed by atoms with Crippen LogP contribution in [0.5, 0.6) is 0 Å². The van der Waals surface area contributed by atoms with Crippen LogP contribution in [0.15, 0.2) is 6.33 Å². The first-order valence-electron chi connectivity index (χ1n) is 6.50. The van der Waals surface area contributed by atoms with Gasteiger partial charge in [-0.2, -0.15) is 5.10 Å². The number of aliphatic hydroxyl groups excluding tert-OH is 1. The summed E-state index contributed by atoms with van der Waals surface area (Å²) in [5.74, 6) is 1.54. The van der Waals surface area contributed by atoms with Gasteiger partial charge in [0.25, 0.3) is 0 Å². The van der Waals surface area contributed by atoms with E-state index in [9.17, 15) is 0 Å². The quantitative estimate of drug-likeness (QED) is 0.809. The Balaban J connectivity index is 1.94. The lowest BCUT2D eigenvalue weighted by atomic mass is 10.2. The van der Waals surface area contributed by atoms with E-state index in [1.807, 2.05) is 4.68 Å². The van der Waals surface area contributed by atoms with Crippen LogP contribution in [0.1, 0.15) is 19.7 Å². The minimum absolute atomic E-state index is 0.0692. The Morgan fingerprint density at radius 2 is 2.39 bits per heavy atom. The molecule has 1 aliphatic rings. The standard InChI is InChI=1S/C12H22N4O2/c1-10(2)5-16-12(13-9-14-16)7-15-3-4-18-11(6-15)8-17/h9-11,17H,3-8H2,1-2H3. The maximum atomic E-state index is 9.12. The summed E-state index contributed by atoms with van der Waals surface area (Å²) in [5.41, 5.74) is 0. The Kier molecular flexibility index (Phi) is 4.68. The molecular formula is C12H22N4O2. The number of aromatic nitrogens is 3. The van der Waals surface area contributed by atoms with Gasteiger partial charge >= 0.3 is 0 Å². The fourth-order valence-electron chi connectivity index (χ4n) is 2.14. The van der Waals surface area contributed by atoms with Gasteiger partial charge in [0.05, 0.1) is 25.9 Å². The van der Waals surface area contributed by atoms with Gasteiger partial charge in [-0.3, -0.25) is 4.90 Å². The molecule has 1 atom stereocenters. The second kappa shape index (κ2) is 6.26. The normalized spacial score (nSPS) is 21.7. The van der Waals surface area contributed by atoms with Gasteiger partial charge in [0.15, 0.2) is 0 Å². The van der Waals surface area contributed by atoms with Crippen LogP contribution >= 0.6 is 0 Å². The number of morpholine rings is 1. The van der Waals surface area contributed by atoms with Crippen LogP contribution in [-0.2, 0) is 17.8 Å². The molecule has 0 aromatic carbocycles. The molecule has 2 heterocycles. The zero-order valence-corrected chi connectivity index (χ0v) is 11.1. The average Bonchev–Trinajstić information content (AvgIpc) is 2.76. The first kappa shape index (κ1) is 13.5. The van der Waals surface area contributed by atoms with Crippen molar-refractivity contribution in [1.82, 2.24) is 19.7 Å². The third-order valence-electron chi connectivity index (χ3n) is 3.03. The van der Waals surface area contributed by atoms with E-state index in [1.54, 1.807) is 6.33 Å². The van der Waals surface area contributed by atoms with Crippen LogP contribution in [0.2, 0.25) is 0 Å². The van der Waals surface area contributed by atoms with Crippen LogP contribution in [0, 0.1) is 5.92 Å². The van der Waals surface area contributed by atoms with Gasteiger partial charge < -0.3 is 9.84 Å². The molecule has 0 spiro atoms. The molecular weight excluding hydrogens is 232 g/mol. The van der Waals surface area contributed by atoms with Crippen molar-refractivity contribution in [2.45, 2.75) is 33.0 Å². The first-order valence-corrected chi connectivity index (χ1v) is 6.50. The largest absolute Gasteiger partial charge is 0.394 e. The van der Waals surface area contributed by atoms with E-state index in [-0.39, 0.29) is 12.7 Å². The lowest BCUT2D eigenvalue weighted by Crippen LogP contribution is -2.43. The summed E-state index contributed by atoms with van der Waals surface area (Å²) in [5, 5.41) is 13.4. The number of ether oxygens (including phenoxy) is 1. The molecule has 0 aliphatic carbocycles. The van der Waals surface area contributed by atoms with Gasteiger partial charge in [0, 0.05) is 19.6 Å². The molecule has 6 heteroatoms. The highest BCUT2D eigenvalue weighted by atomic mass is 16.5. The van der Waals surface area contributed by atoms with Crippen molar-refractivity contribution in [3.63, 3.8) is 0 Å². The van der Waals surface area contributed by atoms with Crippen molar-refractivity contribution >= 4 is 0 Å². The van der Waals surface area contributed by atoms with Crippen molar-refractivity contribution in [3.05, 3.63) is 12.2 Å². The molecule has 1 aliphatic heterocycles. The van der Waals surface area contributed by atoms with E-state index in [0.29, 0.717) is 12.5 Å². The van der Waals surface area contributed by atoms with E-state index in [4.69, 9.17) is 9.84 Å². The average molecular weight is 254 g/mol. The van der Waals surface area contributed by atoms with Crippen molar-refractivity contribution in [3.8, 4) is 0 Å². The van der Waals surface area contributed by atoms with Crippen LogP contribution in [0.25, 0.3) is 0 Å². The molecule has 0 bridgehead atoms. The Labute approximate surface area is 108 Å². The third-order valence-corrected chi connectivity index (χ3v) is 3.03. The molecule has 0 saturated carbocycles. The zero-order valence-electron chi connectivity index (χ0n) is 11.1. The highest BCUT2D eigenvalue weighted by molar-refractivity contribution is 4.86. The number of nitrogens with zero attached hydrogens (tertiary/aromatic N) is 4. The minimum atomic E-state index is -0.0692. The molecule has 1 N–H and O–H groups in total. The summed E-state index contributed by atoms with van der Waals surface area (Å²) < 4.78 is 7.40. The molecule has 2 rings (SSSR count). The molecule has 1 fully saturated rings. The van der Waals surface area contributed by atoms with Gasteiger partial charge in [-0.1, -0.05) is 13.8 Å². The smallest absolute Gasteiger partial charge is 0.141 e. The summed E-state index contributed by atoms with van der Waals surface area (Å²) in [4.78, 5) is 6.58. The second-order valence-corrected chi connectivity index (χ2v) is 5.16. The fraction of sp³-hybridized carbons (Fsp3) is 0.833. The second-order valence-electron chi connectivity index (χ2n) is 5.16. The molecule has 6 nitrogen and oxygen atoms in total. The SMILES string of the molecule is CC(C)Cn1ncnc1CN1CCOC(CO)C1. The van der Waals surface area contributed by atoms with E-state index in [1.165, 1.54) is 0 Å². The first-order chi connectivity index (χ1) is 8.69. The van der Waals surface area contributed by atoms with E-state index in [2.05, 4.69) is 28.8 Å².